The predicted octanol–water partition coefficient (Wildman–Crippen LogP) is 2.31. The lowest BCUT2D eigenvalue weighted by molar-refractivity contribution is -0.136. The Labute approximate surface area is 190 Å². The summed E-state index contributed by atoms with van der Waals surface area (Å²) in [7, 11) is 0. The summed E-state index contributed by atoms with van der Waals surface area (Å²) in [6.45, 7) is 3.48. The Balaban J connectivity index is 1.07. The monoisotopic (exact) mass is 448 g/mol. The molecule has 1 aromatic heterocycles. The predicted molar refractivity (Wildman–Crippen MR) is 119 cm³/mol. The maximum absolute atomic E-state index is 12.5. The maximum atomic E-state index is 12.5. The number of piperazine rings is 1. The summed E-state index contributed by atoms with van der Waals surface area (Å²) >= 11 is 0. The van der Waals surface area contributed by atoms with E-state index in [9.17, 15) is 9.59 Å². The number of amides is 1. The molecule has 0 bridgehead atoms. The van der Waals surface area contributed by atoms with Crippen LogP contribution in [-0.4, -0.2) is 71.2 Å². The lowest BCUT2D eigenvalue weighted by atomic mass is 10.1. The molecule has 0 spiro atoms. The van der Waals surface area contributed by atoms with E-state index in [1.807, 2.05) is 18.2 Å². The molecule has 33 heavy (non-hydrogen) atoms. The summed E-state index contributed by atoms with van der Waals surface area (Å²) in [4.78, 5) is 36.1. The topological polar surface area (TPSA) is 97.0 Å². The third-order valence-electron chi connectivity index (χ3n) is 5.79. The van der Waals surface area contributed by atoms with Crippen molar-refractivity contribution in [3.63, 3.8) is 0 Å². The summed E-state index contributed by atoms with van der Waals surface area (Å²) < 4.78 is 16.0. The number of esters is 1. The maximum Gasteiger partial charge on any atom is 0.338 e. The van der Waals surface area contributed by atoms with Crippen LogP contribution in [0.15, 0.2) is 54.9 Å². The van der Waals surface area contributed by atoms with Crippen LogP contribution in [0.5, 0.6) is 11.5 Å². The fourth-order valence-electron chi connectivity index (χ4n) is 3.94. The lowest BCUT2D eigenvalue weighted by Gasteiger charge is -2.34. The minimum Gasteiger partial charge on any atom is -0.454 e. The molecular formula is C24H24N4O5. The second kappa shape index (κ2) is 9.33. The molecule has 3 aromatic rings. The summed E-state index contributed by atoms with van der Waals surface area (Å²) in [5.74, 6) is 1.58. The van der Waals surface area contributed by atoms with Crippen LogP contribution < -0.4 is 9.47 Å². The van der Waals surface area contributed by atoms with Crippen molar-refractivity contribution >= 4 is 11.9 Å². The molecule has 0 aliphatic carbocycles. The summed E-state index contributed by atoms with van der Waals surface area (Å²) in [5, 5.41) is 0. The van der Waals surface area contributed by atoms with Crippen LogP contribution in [0.25, 0.3) is 11.4 Å². The van der Waals surface area contributed by atoms with E-state index in [4.69, 9.17) is 14.2 Å². The standard InChI is InChI=1S/C24H24N4O5/c29-22(15-31-24(30)19-4-2-18(3-5-19)23-25-7-8-26-23)28-11-9-27(10-12-28)14-17-1-6-20-21(13-17)33-16-32-20/h1-8,13H,9-12,14-16H2,(H,25,26). The first kappa shape index (κ1) is 21.0. The molecule has 2 aliphatic rings. The zero-order valence-corrected chi connectivity index (χ0v) is 18.0. The number of aromatic nitrogens is 2. The number of ether oxygens (including phenoxy) is 3. The Kier molecular flexibility index (Phi) is 5.95. The highest BCUT2D eigenvalue weighted by atomic mass is 16.7. The molecule has 9 nitrogen and oxygen atoms in total. The lowest BCUT2D eigenvalue weighted by Crippen LogP contribution is -2.49. The molecule has 3 heterocycles. The van der Waals surface area contributed by atoms with Gasteiger partial charge < -0.3 is 24.1 Å². The smallest absolute Gasteiger partial charge is 0.338 e. The molecule has 2 aromatic carbocycles. The fraction of sp³-hybridized carbons (Fsp3) is 0.292. The molecule has 1 N–H and O–H groups in total. The van der Waals surface area contributed by atoms with Crippen molar-refractivity contribution in [2.24, 2.45) is 0 Å². The summed E-state index contributed by atoms with van der Waals surface area (Å²) in [6.07, 6.45) is 3.40. The molecule has 0 radical (unpaired) electrons. The number of H-pyrrole nitrogens is 1. The van der Waals surface area contributed by atoms with E-state index in [0.717, 1.165) is 48.1 Å². The van der Waals surface area contributed by atoms with Gasteiger partial charge in [-0.25, -0.2) is 9.78 Å². The number of hydrogen-bond acceptors (Lipinski definition) is 7. The summed E-state index contributed by atoms with van der Waals surface area (Å²) in [6, 6.07) is 12.9. The van der Waals surface area contributed by atoms with Crippen molar-refractivity contribution in [1.82, 2.24) is 19.8 Å². The van der Waals surface area contributed by atoms with Crippen LogP contribution in [-0.2, 0) is 16.1 Å². The van der Waals surface area contributed by atoms with Gasteiger partial charge in [-0.1, -0.05) is 18.2 Å². The first-order chi connectivity index (χ1) is 16.2. The average molecular weight is 448 g/mol. The number of imidazole rings is 1. The second-order valence-electron chi connectivity index (χ2n) is 7.94. The van der Waals surface area contributed by atoms with E-state index in [-0.39, 0.29) is 19.3 Å². The zero-order valence-electron chi connectivity index (χ0n) is 18.0. The zero-order chi connectivity index (χ0) is 22.6. The SMILES string of the molecule is O=C(OCC(=O)N1CCN(Cc2ccc3c(c2)OCO3)CC1)c1ccc(-c2ncc[nH]2)cc1. The van der Waals surface area contributed by atoms with Gasteiger partial charge in [-0.3, -0.25) is 9.69 Å². The van der Waals surface area contributed by atoms with Gasteiger partial charge in [0.05, 0.1) is 5.56 Å². The molecule has 1 saturated heterocycles. The van der Waals surface area contributed by atoms with Crippen LogP contribution in [0.4, 0.5) is 0 Å². The van der Waals surface area contributed by atoms with Gasteiger partial charge in [-0.15, -0.1) is 0 Å². The van der Waals surface area contributed by atoms with Crippen molar-refractivity contribution in [3.8, 4) is 22.9 Å². The van der Waals surface area contributed by atoms with Crippen LogP contribution in [0.1, 0.15) is 15.9 Å². The number of carbonyl (C=O) groups is 2. The Morgan fingerprint density at radius 1 is 1.00 bits per heavy atom. The molecule has 5 rings (SSSR count). The van der Waals surface area contributed by atoms with Crippen LogP contribution in [0.2, 0.25) is 0 Å². The minimum atomic E-state index is -0.518. The van der Waals surface area contributed by atoms with Gasteiger partial charge in [0.15, 0.2) is 18.1 Å². The summed E-state index contributed by atoms with van der Waals surface area (Å²) in [5.41, 5.74) is 2.41. The number of benzene rings is 2. The van der Waals surface area contributed by atoms with Crippen molar-refractivity contribution in [2.75, 3.05) is 39.6 Å². The fourth-order valence-corrected chi connectivity index (χ4v) is 3.94. The Morgan fingerprint density at radius 3 is 2.55 bits per heavy atom. The molecule has 1 amide bonds. The van der Waals surface area contributed by atoms with E-state index in [0.29, 0.717) is 18.7 Å². The molecule has 170 valence electrons. The Hall–Kier alpha value is -3.85. The number of carbonyl (C=O) groups excluding carboxylic acids is 2. The van der Waals surface area contributed by atoms with Gasteiger partial charge >= 0.3 is 5.97 Å². The molecule has 9 heteroatoms. The first-order valence-corrected chi connectivity index (χ1v) is 10.8. The Bertz CT molecular complexity index is 1120. The highest BCUT2D eigenvalue weighted by Gasteiger charge is 2.23. The van der Waals surface area contributed by atoms with E-state index >= 15 is 0 Å². The van der Waals surface area contributed by atoms with Gasteiger partial charge in [-0.05, 0) is 29.8 Å². The molecule has 0 saturated carbocycles. The van der Waals surface area contributed by atoms with Gasteiger partial charge in [0, 0.05) is 50.7 Å². The van der Waals surface area contributed by atoms with Crippen LogP contribution in [0, 0.1) is 0 Å². The van der Waals surface area contributed by atoms with Crippen molar-refractivity contribution in [2.45, 2.75) is 6.54 Å². The van der Waals surface area contributed by atoms with Gasteiger partial charge in [-0.2, -0.15) is 0 Å². The normalized spacial score (nSPS) is 15.5. The Morgan fingerprint density at radius 2 is 1.79 bits per heavy atom. The molecule has 1 fully saturated rings. The molecule has 2 aliphatic heterocycles. The number of nitrogens with zero attached hydrogens (tertiary/aromatic N) is 3. The number of rotatable bonds is 6. The van der Waals surface area contributed by atoms with Gasteiger partial charge in [0.2, 0.25) is 6.79 Å². The molecule has 0 atom stereocenters. The first-order valence-electron chi connectivity index (χ1n) is 10.8. The van der Waals surface area contributed by atoms with E-state index in [1.54, 1.807) is 41.6 Å². The largest absolute Gasteiger partial charge is 0.454 e. The van der Waals surface area contributed by atoms with E-state index < -0.39 is 5.97 Å². The van der Waals surface area contributed by atoms with Crippen molar-refractivity contribution < 1.29 is 23.8 Å². The molecule has 0 unspecified atom stereocenters. The van der Waals surface area contributed by atoms with Crippen LogP contribution >= 0.6 is 0 Å². The minimum absolute atomic E-state index is 0.182. The van der Waals surface area contributed by atoms with E-state index in [2.05, 4.69) is 14.9 Å². The average Bonchev–Trinajstić information content (AvgIpc) is 3.55. The highest BCUT2D eigenvalue weighted by Crippen LogP contribution is 2.32. The highest BCUT2D eigenvalue weighted by molar-refractivity contribution is 5.91. The third kappa shape index (κ3) is 4.83. The van der Waals surface area contributed by atoms with Crippen molar-refractivity contribution in [3.05, 3.63) is 66.0 Å². The van der Waals surface area contributed by atoms with Gasteiger partial charge in [0.1, 0.15) is 5.82 Å². The second-order valence-corrected chi connectivity index (χ2v) is 7.94. The van der Waals surface area contributed by atoms with Crippen molar-refractivity contribution in [1.29, 1.82) is 0 Å². The number of aromatic amines is 1. The number of hydrogen-bond donors (Lipinski definition) is 1. The molecular weight excluding hydrogens is 424 g/mol. The third-order valence-corrected chi connectivity index (χ3v) is 5.79. The van der Waals surface area contributed by atoms with E-state index in [1.165, 1.54) is 0 Å². The quantitative estimate of drug-likeness (QED) is 0.578. The van der Waals surface area contributed by atoms with Gasteiger partial charge in [0.25, 0.3) is 5.91 Å². The number of fused-ring (bicyclic) bond motifs is 1. The number of nitrogens with one attached hydrogen (secondary N) is 1. The van der Waals surface area contributed by atoms with Crippen LogP contribution in [0.3, 0.4) is 0 Å².